The van der Waals surface area contributed by atoms with E-state index in [1.165, 1.54) is 31.4 Å². The molecule has 0 atom stereocenters. The van der Waals surface area contributed by atoms with E-state index in [4.69, 9.17) is 5.73 Å². The third-order valence-corrected chi connectivity index (χ3v) is 4.80. The highest BCUT2D eigenvalue weighted by Gasteiger charge is 2.17. The van der Waals surface area contributed by atoms with Crippen LogP contribution in [0.15, 0.2) is 28.4 Å². The summed E-state index contributed by atoms with van der Waals surface area (Å²) in [6, 6.07) is 2.36. The van der Waals surface area contributed by atoms with E-state index in [-0.39, 0.29) is 0 Å². The average molecular weight is 303 g/mol. The van der Waals surface area contributed by atoms with Crippen molar-refractivity contribution in [1.82, 2.24) is 15.3 Å². The van der Waals surface area contributed by atoms with E-state index in [0.29, 0.717) is 17.7 Å². The van der Waals surface area contributed by atoms with Crippen LogP contribution >= 0.6 is 11.8 Å². The molecule has 1 aromatic rings. The van der Waals surface area contributed by atoms with Gasteiger partial charge in [-0.05, 0) is 30.7 Å². The minimum Gasteiger partial charge on any atom is -0.395 e. The van der Waals surface area contributed by atoms with Crippen LogP contribution in [0.3, 0.4) is 0 Å². The normalized spacial score (nSPS) is 21.1. The number of hydrogen-bond acceptors (Lipinski definition) is 6. The summed E-state index contributed by atoms with van der Waals surface area (Å²) in [5, 5.41) is 9.79. The van der Waals surface area contributed by atoms with E-state index in [9.17, 15) is 0 Å². The second kappa shape index (κ2) is 6.39. The molecule has 1 aromatic heterocycles. The number of thioether (sulfide) groups is 1. The van der Waals surface area contributed by atoms with Gasteiger partial charge in [-0.2, -0.15) is 0 Å². The third-order valence-electron chi connectivity index (χ3n) is 3.84. The lowest BCUT2D eigenvalue weighted by Crippen LogP contribution is -2.18. The fraction of sp³-hybridized carbons (Fsp3) is 0.467. The van der Waals surface area contributed by atoms with Crippen molar-refractivity contribution >= 4 is 23.4 Å². The van der Waals surface area contributed by atoms with Crippen molar-refractivity contribution in [3.05, 3.63) is 34.1 Å². The van der Waals surface area contributed by atoms with Gasteiger partial charge < -0.3 is 16.4 Å². The predicted molar refractivity (Wildman–Crippen MR) is 88.1 cm³/mol. The monoisotopic (exact) mass is 303 g/mol. The Balaban J connectivity index is 1.75. The molecule has 2 heterocycles. The summed E-state index contributed by atoms with van der Waals surface area (Å²) in [7, 11) is 0. The molecule has 112 valence electrons. The Bertz CT molecular complexity index is 575. The Hall–Kier alpha value is -1.69. The number of aromatic nitrogens is 2. The van der Waals surface area contributed by atoms with E-state index in [1.807, 2.05) is 6.07 Å². The maximum atomic E-state index is 6.24. The number of nitrogens with zero attached hydrogens (tertiary/aromatic N) is 2. The number of anilines is 1. The summed E-state index contributed by atoms with van der Waals surface area (Å²) in [6.45, 7) is 2.12. The average Bonchev–Trinajstić information content (AvgIpc) is 3.17. The summed E-state index contributed by atoms with van der Waals surface area (Å²) in [5.74, 6) is 0.676. The van der Waals surface area contributed by atoms with Crippen LogP contribution in [-0.4, -0.2) is 16.0 Å². The van der Waals surface area contributed by atoms with Crippen LogP contribution in [0.4, 0.5) is 5.95 Å². The molecule has 6 heteroatoms. The fourth-order valence-corrected chi connectivity index (χ4v) is 3.49. The van der Waals surface area contributed by atoms with Crippen LogP contribution < -0.4 is 16.4 Å². The topological polar surface area (TPSA) is 75.9 Å². The van der Waals surface area contributed by atoms with Gasteiger partial charge in [0.2, 0.25) is 5.95 Å². The van der Waals surface area contributed by atoms with Crippen LogP contribution in [0.25, 0.3) is 5.70 Å². The molecule has 0 radical (unpaired) electrons. The van der Waals surface area contributed by atoms with Crippen molar-refractivity contribution in [2.24, 2.45) is 5.73 Å². The summed E-state index contributed by atoms with van der Waals surface area (Å²) < 4.78 is 0. The van der Waals surface area contributed by atoms with Crippen LogP contribution in [0.2, 0.25) is 0 Å². The van der Waals surface area contributed by atoms with E-state index < -0.39 is 0 Å². The van der Waals surface area contributed by atoms with Gasteiger partial charge in [0.05, 0.1) is 11.4 Å². The summed E-state index contributed by atoms with van der Waals surface area (Å²) in [4.78, 5) is 8.85. The zero-order chi connectivity index (χ0) is 14.7. The molecule has 0 bridgehead atoms. The highest BCUT2D eigenvalue weighted by atomic mass is 32.2. The zero-order valence-corrected chi connectivity index (χ0v) is 13.0. The first kappa shape index (κ1) is 14.3. The molecule has 21 heavy (non-hydrogen) atoms. The van der Waals surface area contributed by atoms with Crippen LogP contribution in [0.5, 0.6) is 0 Å². The second-order valence-electron chi connectivity index (χ2n) is 5.37. The molecule has 0 spiro atoms. The summed E-state index contributed by atoms with van der Waals surface area (Å²) >= 11 is 1.62. The first-order chi connectivity index (χ1) is 10.3. The van der Waals surface area contributed by atoms with E-state index in [1.54, 1.807) is 18.0 Å². The molecule has 0 saturated heterocycles. The van der Waals surface area contributed by atoms with E-state index >= 15 is 0 Å². The number of nitrogens with two attached hydrogens (primary N) is 1. The SMILES string of the molecule is CCC1=CS/C(=C(/N)c2ccnc(NC3CCCC3)n2)N1. The molecule has 4 N–H and O–H groups in total. The Kier molecular flexibility index (Phi) is 4.34. The van der Waals surface area contributed by atoms with Gasteiger partial charge in [-0.1, -0.05) is 31.5 Å². The van der Waals surface area contributed by atoms with Crippen molar-refractivity contribution < 1.29 is 0 Å². The Morgan fingerprint density at radius 2 is 2.29 bits per heavy atom. The zero-order valence-electron chi connectivity index (χ0n) is 12.2. The van der Waals surface area contributed by atoms with Crippen LogP contribution in [0.1, 0.15) is 44.7 Å². The first-order valence-corrected chi connectivity index (χ1v) is 8.36. The standard InChI is InChI=1S/C15H21N5S/c1-2-10-9-21-14(18-10)13(16)12-7-8-17-15(20-12)19-11-5-3-4-6-11/h7-9,11,18H,2-6,16H2,1H3,(H,17,19,20)/b14-13+. The molecule has 1 saturated carbocycles. The van der Waals surface area contributed by atoms with Gasteiger partial charge in [-0.3, -0.25) is 0 Å². The van der Waals surface area contributed by atoms with Crippen molar-refractivity contribution in [3.63, 3.8) is 0 Å². The Morgan fingerprint density at radius 1 is 1.48 bits per heavy atom. The van der Waals surface area contributed by atoms with Crippen molar-refractivity contribution in [2.45, 2.75) is 45.1 Å². The Labute approximate surface area is 129 Å². The molecule has 0 unspecified atom stereocenters. The van der Waals surface area contributed by atoms with Crippen molar-refractivity contribution in [2.75, 3.05) is 5.32 Å². The number of rotatable bonds is 4. The molecule has 1 aliphatic heterocycles. The minimum atomic E-state index is 0.501. The lowest BCUT2D eigenvalue weighted by atomic mass is 10.2. The lowest BCUT2D eigenvalue weighted by Gasteiger charge is -2.13. The first-order valence-electron chi connectivity index (χ1n) is 7.48. The molecule has 0 aromatic carbocycles. The van der Waals surface area contributed by atoms with Gasteiger partial charge in [0.25, 0.3) is 0 Å². The number of hydrogen-bond donors (Lipinski definition) is 3. The highest BCUT2D eigenvalue weighted by molar-refractivity contribution is 8.06. The smallest absolute Gasteiger partial charge is 0.223 e. The quantitative estimate of drug-likeness (QED) is 0.794. The second-order valence-corrected chi connectivity index (χ2v) is 6.25. The van der Waals surface area contributed by atoms with Gasteiger partial charge in [-0.15, -0.1) is 0 Å². The maximum Gasteiger partial charge on any atom is 0.223 e. The highest BCUT2D eigenvalue weighted by Crippen LogP contribution is 2.30. The number of nitrogens with one attached hydrogen (secondary N) is 2. The molecule has 0 amide bonds. The van der Waals surface area contributed by atoms with E-state index in [0.717, 1.165) is 17.1 Å². The van der Waals surface area contributed by atoms with Gasteiger partial charge >= 0.3 is 0 Å². The molecule has 5 nitrogen and oxygen atoms in total. The van der Waals surface area contributed by atoms with Gasteiger partial charge in [-0.25, -0.2) is 9.97 Å². The molecule has 2 aliphatic rings. The summed E-state index contributed by atoms with van der Waals surface area (Å²) in [5.41, 5.74) is 8.88. The van der Waals surface area contributed by atoms with Gasteiger partial charge in [0.15, 0.2) is 0 Å². The lowest BCUT2D eigenvalue weighted by molar-refractivity contribution is 0.743. The predicted octanol–water partition coefficient (Wildman–Crippen LogP) is 3.00. The third kappa shape index (κ3) is 3.32. The van der Waals surface area contributed by atoms with Crippen LogP contribution in [-0.2, 0) is 0 Å². The molecular weight excluding hydrogens is 282 g/mol. The minimum absolute atomic E-state index is 0.501. The number of allylic oxidation sites excluding steroid dienone is 1. The molecule has 1 aliphatic carbocycles. The Morgan fingerprint density at radius 3 is 3.00 bits per heavy atom. The fourth-order valence-electron chi connectivity index (χ4n) is 2.58. The summed E-state index contributed by atoms with van der Waals surface area (Å²) in [6.07, 6.45) is 7.71. The molecule has 3 rings (SSSR count). The van der Waals surface area contributed by atoms with E-state index in [2.05, 4.69) is 32.9 Å². The van der Waals surface area contributed by atoms with Crippen molar-refractivity contribution in [1.29, 1.82) is 0 Å². The maximum absolute atomic E-state index is 6.24. The largest absolute Gasteiger partial charge is 0.395 e. The van der Waals surface area contributed by atoms with Gasteiger partial charge in [0, 0.05) is 17.9 Å². The van der Waals surface area contributed by atoms with Crippen molar-refractivity contribution in [3.8, 4) is 0 Å². The molecular formula is C15H21N5S. The van der Waals surface area contributed by atoms with Gasteiger partial charge in [0.1, 0.15) is 5.03 Å². The molecule has 1 fully saturated rings. The van der Waals surface area contributed by atoms with Crippen LogP contribution in [0, 0.1) is 0 Å².